The minimum Gasteiger partial charge on any atom is -0.395 e. The third-order valence-electron chi connectivity index (χ3n) is 2.90. The standard InChI is InChI=1S/C11H19NO3/c1-7-2-3-9(14)5-8(4-7)10(6-13)11(12)15/h4,7,9-10,13-14H,2-3,5-6H2,1H3,(H2,12,15). The molecule has 86 valence electrons. The van der Waals surface area contributed by atoms with Crippen LogP contribution in [0.2, 0.25) is 0 Å². The van der Waals surface area contributed by atoms with E-state index in [9.17, 15) is 9.90 Å². The molecule has 0 saturated carbocycles. The fourth-order valence-electron chi connectivity index (χ4n) is 1.99. The third kappa shape index (κ3) is 3.32. The largest absolute Gasteiger partial charge is 0.395 e. The summed E-state index contributed by atoms with van der Waals surface area (Å²) in [5.41, 5.74) is 5.98. The Morgan fingerprint density at radius 2 is 2.33 bits per heavy atom. The van der Waals surface area contributed by atoms with Crippen molar-refractivity contribution in [2.45, 2.75) is 32.3 Å². The van der Waals surface area contributed by atoms with Crippen LogP contribution in [-0.4, -0.2) is 28.8 Å². The Kier molecular flexibility index (Phi) is 4.29. The van der Waals surface area contributed by atoms with E-state index in [0.717, 1.165) is 18.4 Å². The molecule has 1 aliphatic rings. The van der Waals surface area contributed by atoms with E-state index in [2.05, 4.69) is 0 Å². The Morgan fingerprint density at radius 3 is 2.87 bits per heavy atom. The van der Waals surface area contributed by atoms with E-state index in [4.69, 9.17) is 10.8 Å². The van der Waals surface area contributed by atoms with Gasteiger partial charge in [0.15, 0.2) is 0 Å². The normalized spacial score (nSPS) is 29.1. The molecule has 3 unspecified atom stereocenters. The Bertz CT molecular complexity index is 263. The van der Waals surface area contributed by atoms with Crippen molar-refractivity contribution in [2.24, 2.45) is 17.6 Å². The molecule has 0 aromatic heterocycles. The summed E-state index contributed by atoms with van der Waals surface area (Å²) in [5.74, 6) is -0.837. The molecule has 15 heavy (non-hydrogen) atoms. The van der Waals surface area contributed by atoms with E-state index < -0.39 is 17.9 Å². The summed E-state index contributed by atoms with van der Waals surface area (Å²) in [7, 11) is 0. The van der Waals surface area contributed by atoms with E-state index in [-0.39, 0.29) is 6.61 Å². The molecule has 0 heterocycles. The molecule has 0 spiro atoms. The van der Waals surface area contributed by atoms with Gasteiger partial charge in [-0.25, -0.2) is 0 Å². The average Bonchev–Trinajstić information content (AvgIpc) is 2.29. The van der Waals surface area contributed by atoms with Crippen LogP contribution >= 0.6 is 0 Å². The maximum absolute atomic E-state index is 11.1. The van der Waals surface area contributed by atoms with Crippen molar-refractivity contribution in [2.75, 3.05) is 6.61 Å². The first-order valence-electron chi connectivity index (χ1n) is 5.33. The average molecular weight is 213 g/mol. The van der Waals surface area contributed by atoms with Crippen LogP contribution in [0.15, 0.2) is 11.6 Å². The van der Waals surface area contributed by atoms with Gasteiger partial charge in [-0.3, -0.25) is 4.79 Å². The molecule has 1 amide bonds. The summed E-state index contributed by atoms with van der Waals surface area (Å²) in [6.07, 6.45) is 3.62. The summed E-state index contributed by atoms with van der Waals surface area (Å²) >= 11 is 0. The highest BCUT2D eigenvalue weighted by atomic mass is 16.3. The first-order valence-corrected chi connectivity index (χ1v) is 5.33. The molecule has 0 fully saturated rings. The van der Waals surface area contributed by atoms with Crippen LogP contribution in [0.1, 0.15) is 26.2 Å². The first kappa shape index (κ1) is 12.2. The Balaban J connectivity index is 2.83. The first-order chi connectivity index (χ1) is 7.04. The van der Waals surface area contributed by atoms with Gasteiger partial charge in [0.1, 0.15) is 0 Å². The van der Waals surface area contributed by atoms with E-state index >= 15 is 0 Å². The second-order valence-electron chi connectivity index (χ2n) is 4.29. The zero-order valence-electron chi connectivity index (χ0n) is 9.02. The molecule has 0 aromatic carbocycles. The molecule has 0 aromatic rings. The lowest BCUT2D eigenvalue weighted by Crippen LogP contribution is -2.29. The molecule has 1 rings (SSSR count). The number of amides is 1. The number of hydrogen-bond donors (Lipinski definition) is 3. The van der Waals surface area contributed by atoms with Crippen molar-refractivity contribution in [3.8, 4) is 0 Å². The van der Waals surface area contributed by atoms with E-state index in [1.807, 2.05) is 13.0 Å². The van der Waals surface area contributed by atoms with E-state index in [0.29, 0.717) is 12.3 Å². The maximum atomic E-state index is 11.1. The molecular weight excluding hydrogens is 194 g/mol. The van der Waals surface area contributed by atoms with Gasteiger partial charge in [0.2, 0.25) is 5.91 Å². The summed E-state index contributed by atoms with van der Waals surface area (Å²) in [6, 6.07) is 0. The van der Waals surface area contributed by atoms with Crippen molar-refractivity contribution in [1.82, 2.24) is 0 Å². The van der Waals surface area contributed by atoms with Crippen molar-refractivity contribution >= 4 is 5.91 Å². The lowest BCUT2D eigenvalue weighted by atomic mass is 9.93. The second kappa shape index (κ2) is 5.28. The molecule has 0 aliphatic heterocycles. The number of carbonyl (C=O) groups excluding carboxylic acids is 1. The highest BCUT2D eigenvalue weighted by molar-refractivity contribution is 5.79. The maximum Gasteiger partial charge on any atom is 0.226 e. The summed E-state index contributed by atoms with van der Waals surface area (Å²) in [6.45, 7) is 1.76. The van der Waals surface area contributed by atoms with Crippen molar-refractivity contribution in [3.05, 3.63) is 11.6 Å². The van der Waals surface area contributed by atoms with Gasteiger partial charge in [0, 0.05) is 0 Å². The molecule has 0 saturated heterocycles. The molecule has 4 nitrogen and oxygen atoms in total. The predicted molar refractivity (Wildman–Crippen MR) is 56.9 cm³/mol. The van der Waals surface area contributed by atoms with Gasteiger partial charge in [-0.15, -0.1) is 0 Å². The smallest absolute Gasteiger partial charge is 0.226 e. The van der Waals surface area contributed by atoms with Gasteiger partial charge in [-0.1, -0.05) is 18.6 Å². The minimum atomic E-state index is -0.639. The van der Waals surface area contributed by atoms with Gasteiger partial charge in [-0.2, -0.15) is 0 Å². The molecule has 4 heteroatoms. The zero-order valence-corrected chi connectivity index (χ0v) is 9.02. The third-order valence-corrected chi connectivity index (χ3v) is 2.90. The lowest BCUT2D eigenvalue weighted by Gasteiger charge is -2.16. The van der Waals surface area contributed by atoms with Crippen LogP contribution in [-0.2, 0) is 4.79 Å². The van der Waals surface area contributed by atoms with Gasteiger partial charge >= 0.3 is 0 Å². The van der Waals surface area contributed by atoms with Gasteiger partial charge in [-0.05, 0) is 25.2 Å². The summed E-state index contributed by atoms with van der Waals surface area (Å²) < 4.78 is 0. The van der Waals surface area contributed by atoms with Crippen LogP contribution in [0.3, 0.4) is 0 Å². The van der Waals surface area contributed by atoms with E-state index in [1.54, 1.807) is 0 Å². The molecule has 3 atom stereocenters. The molecule has 0 bridgehead atoms. The molecule has 4 N–H and O–H groups in total. The summed E-state index contributed by atoms with van der Waals surface area (Å²) in [5, 5.41) is 18.7. The Morgan fingerprint density at radius 1 is 1.67 bits per heavy atom. The Hall–Kier alpha value is -0.870. The van der Waals surface area contributed by atoms with Gasteiger partial charge < -0.3 is 15.9 Å². The fourth-order valence-corrected chi connectivity index (χ4v) is 1.99. The highest BCUT2D eigenvalue weighted by Crippen LogP contribution is 2.26. The number of rotatable bonds is 3. The van der Waals surface area contributed by atoms with Crippen molar-refractivity contribution < 1.29 is 15.0 Å². The number of aliphatic hydroxyl groups excluding tert-OH is 2. The zero-order chi connectivity index (χ0) is 11.4. The van der Waals surface area contributed by atoms with Gasteiger partial charge in [0.05, 0.1) is 18.6 Å². The van der Waals surface area contributed by atoms with Crippen LogP contribution in [0, 0.1) is 11.8 Å². The SMILES string of the molecule is CC1C=C(C(CO)C(N)=O)CC(O)CC1. The van der Waals surface area contributed by atoms with Crippen LogP contribution < -0.4 is 5.73 Å². The number of carbonyl (C=O) groups is 1. The van der Waals surface area contributed by atoms with Crippen molar-refractivity contribution in [3.63, 3.8) is 0 Å². The minimum absolute atomic E-state index is 0.277. The topological polar surface area (TPSA) is 83.5 Å². The van der Waals surface area contributed by atoms with Gasteiger partial charge in [0.25, 0.3) is 0 Å². The monoisotopic (exact) mass is 213 g/mol. The highest BCUT2D eigenvalue weighted by Gasteiger charge is 2.24. The molecular formula is C11H19NO3. The lowest BCUT2D eigenvalue weighted by molar-refractivity contribution is -0.121. The number of hydrogen-bond acceptors (Lipinski definition) is 3. The summed E-state index contributed by atoms with van der Waals surface area (Å²) in [4.78, 5) is 11.1. The second-order valence-corrected chi connectivity index (χ2v) is 4.29. The fraction of sp³-hybridized carbons (Fsp3) is 0.727. The van der Waals surface area contributed by atoms with Crippen LogP contribution in [0.4, 0.5) is 0 Å². The molecule has 0 radical (unpaired) electrons. The quantitative estimate of drug-likeness (QED) is 0.585. The van der Waals surface area contributed by atoms with Crippen molar-refractivity contribution in [1.29, 1.82) is 0 Å². The van der Waals surface area contributed by atoms with Crippen LogP contribution in [0.25, 0.3) is 0 Å². The number of aliphatic hydroxyl groups is 2. The number of primary amides is 1. The number of nitrogens with two attached hydrogens (primary N) is 1. The van der Waals surface area contributed by atoms with Crippen LogP contribution in [0.5, 0.6) is 0 Å². The Labute approximate surface area is 89.8 Å². The predicted octanol–water partition coefficient (Wildman–Crippen LogP) is 0.187. The molecule has 1 aliphatic carbocycles. The number of allylic oxidation sites excluding steroid dienone is 1. The van der Waals surface area contributed by atoms with E-state index in [1.165, 1.54) is 0 Å².